The number of para-hydroxylation sites is 1. The zero-order valence-corrected chi connectivity index (χ0v) is 20.4. The fourth-order valence-corrected chi connectivity index (χ4v) is 4.48. The van der Waals surface area contributed by atoms with Gasteiger partial charge in [0.15, 0.2) is 0 Å². The van der Waals surface area contributed by atoms with Gasteiger partial charge < -0.3 is 38.1 Å². The Kier molecular flexibility index (Phi) is 10.8. The zero-order valence-electron chi connectivity index (χ0n) is 20.4. The van der Waals surface area contributed by atoms with Crippen LogP contribution in [0, 0.1) is 5.92 Å². The summed E-state index contributed by atoms with van der Waals surface area (Å²) < 4.78 is 0. The molecule has 2 atom stereocenters. The van der Waals surface area contributed by atoms with Crippen LogP contribution < -0.4 is 33.2 Å². The second kappa shape index (κ2) is 14.1. The summed E-state index contributed by atoms with van der Waals surface area (Å²) in [6.45, 7) is 4.89. The molecule has 9 N–H and O–H groups in total. The number of nitrogens with zero attached hydrogens (tertiary/aromatic N) is 2. The number of pyridine rings is 1. The molecule has 1 aromatic heterocycles. The number of amides is 2. The van der Waals surface area contributed by atoms with E-state index in [4.69, 9.17) is 17.2 Å². The minimum Gasteiger partial charge on any atom is -0.343 e. The fourth-order valence-electron chi connectivity index (χ4n) is 4.48. The minimum absolute atomic E-state index is 0.256. The van der Waals surface area contributed by atoms with E-state index in [1.807, 2.05) is 30.3 Å². The summed E-state index contributed by atoms with van der Waals surface area (Å²) in [5.74, 6) is -0.229. The molecule has 192 valence electrons. The Morgan fingerprint density at radius 2 is 1.80 bits per heavy atom. The van der Waals surface area contributed by atoms with Gasteiger partial charge >= 0.3 is 0 Å². The van der Waals surface area contributed by atoms with Crippen molar-refractivity contribution in [2.75, 3.05) is 51.1 Å². The Hall–Kier alpha value is -2.63. The van der Waals surface area contributed by atoms with E-state index < -0.39 is 12.1 Å². The second-order valence-corrected chi connectivity index (χ2v) is 9.21. The maximum Gasteiger partial charge on any atom is 0.247 e. The lowest BCUT2D eigenvalue weighted by molar-refractivity contribution is -0.127. The minimum atomic E-state index is -0.723. The lowest BCUT2D eigenvalue weighted by Crippen LogP contribution is -2.51. The molecular formula is C25H40N8O2. The number of carbonyl (C=O) groups excluding carboxylic acids is 2. The molecule has 35 heavy (non-hydrogen) atoms. The van der Waals surface area contributed by atoms with E-state index in [1.165, 1.54) is 0 Å². The highest BCUT2D eigenvalue weighted by molar-refractivity contribution is 5.98. The summed E-state index contributed by atoms with van der Waals surface area (Å²) in [6.07, 6.45) is 4.60. The number of carbonyl (C=O) groups is 2. The van der Waals surface area contributed by atoms with Gasteiger partial charge in [-0.1, -0.05) is 18.2 Å². The average molecular weight is 485 g/mol. The number of benzene rings is 1. The number of nitrogens with one attached hydrogen (secondary N) is 3. The van der Waals surface area contributed by atoms with E-state index in [-0.39, 0.29) is 11.8 Å². The predicted octanol–water partition coefficient (Wildman–Crippen LogP) is -0.0154. The summed E-state index contributed by atoms with van der Waals surface area (Å²) in [5.41, 5.74) is 19.0. The van der Waals surface area contributed by atoms with Gasteiger partial charge in [-0.15, -0.1) is 0 Å². The maximum absolute atomic E-state index is 13.3. The van der Waals surface area contributed by atoms with Crippen LogP contribution in [0.15, 0.2) is 36.5 Å². The average Bonchev–Trinajstić information content (AvgIpc) is 2.87. The van der Waals surface area contributed by atoms with E-state index in [9.17, 15) is 9.59 Å². The molecular weight excluding hydrogens is 444 g/mol. The van der Waals surface area contributed by atoms with E-state index >= 15 is 0 Å². The number of nitrogens with two attached hydrogens (primary N) is 3. The van der Waals surface area contributed by atoms with E-state index in [0.717, 1.165) is 36.8 Å². The van der Waals surface area contributed by atoms with Crippen molar-refractivity contribution >= 4 is 28.4 Å². The molecule has 1 saturated heterocycles. The van der Waals surface area contributed by atoms with Crippen LogP contribution in [0.1, 0.15) is 25.7 Å². The quantitative estimate of drug-likeness (QED) is 0.231. The molecule has 0 spiro atoms. The topological polar surface area (TPSA) is 164 Å². The Morgan fingerprint density at radius 1 is 1.09 bits per heavy atom. The largest absolute Gasteiger partial charge is 0.343 e. The highest BCUT2D eigenvalue weighted by Gasteiger charge is 2.28. The van der Waals surface area contributed by atoms with Crippen molar-refractivity contribution in [2.45, 2.75) is 37.8 Å². The highest BCUT2D eigenvalue weighted by Crippen LogP contribution is 2.20. The van der Waals surface area contributed by atoms with Gasteiger partial charge in [-0.25, -0.2) is 0 Å². The Labute approximate surface area is 207 Å². The molecule has 0 bridgehead atoms. The molecule has 2 amide bonds. The number of rotatable bonds is 13. The number of fused-ring (bicyclic) bond motifs is 1. The maximum atomic E-state index is 13.3. The first-order valence-electron chi connectivity index (χ1n) is 12.5. The predicted molar refractivity (Wildman–Crippen MR) is 140 cm³/mol. The van der Waals surface area contributed by atoms with Gasteiger partial charge in [-0.3, -0.25) is 14.6 Å². The van der Waals surface area contributed by atoms with Crippen molar-refractivity contribution in [3.05, 3.63) is 36.5 Å². The third-order valence-electron chi connectivity index (χ3n) is 6.50. The van der Waals surface area contributed by atoms with Crippen LogP contribution in [0.3, 0.4) is 0 Å². The van der Waals surface area contributed by atoms with Gasteiger partial charge in [-0.2, -0.15) is 0 Å². The van der Waals surface area contributed by atoms with Gasteiger partial charge in [0.2, 0.25) is 11.8 Å². The van der Waals surface area contributed by atoms with Crippen molar-refractivity contribution in [3.63, 3.8) is 0 Å². The van der Waals surface area contributed by atoms with Crippen LogP contribution in [-0.4, -0.2) is 79.6 Å². The summed E-state index contributed by atoms with van der Waals surface area (Å²) >= 11 is 0. The van der Waals surface area contributed by atoms with Crippen LogP contribution in [0.2, 0.25) is 0 Å². The molecule has 10 heteroatoms. The van der Waals surface area contributed by atoms with Crippen LogP contribution >= 0.6 is 0 Å². The Bertz CT molecular complexity index is 944. The second-order valence-electron chi connectivity index (χ2n) is 9.21. The molecule has 1 aliphatic rings. The van der Waals surface area contributed by atoms with Crippen molar-refractivity contribution in [2.24, 2.45) is 23.1 Å². The summed E-state index contributed by atoms with van der Waals surface area (Å²) in [6, 6.07) is 8.21. The van der Waals surface area contributed by atoms with Gasteiger partial charge in [0.05, 0.1) is 23.4 Å². The van der Waals surface area contributed by atoms with E-state index in [1.54, 1.807) is 6.20 Å². The lowest BCUT2D eigenvalue weighted by atomic mass is 9.90. The molecule has 2 unspecified atom stereocenters. The van der Waals surface area contributed by atoms with Gasteiger partial charge in [0.25, 0.3) is 0 Å². The number of anilines is 1. The normalized spacial score (nSPS) is 16.2. The summed E-state index contributed by atoms with van der Waals surface area (Å²) in [4.78, 5) is 32.7. The number of hydrogen-bond acceptors (Lipinski definition) is 8. The highest BCUT2D eigenvalue weighted by atomic mass is 16.2. The van der Waals surface area contributed by atoms with Crippen LogP contribution in [0.5, 0.6) is 0 Å². The SMILES string of the molecule is NCCN(CCN)CCC(N)C(=O)NC(CC1CCNCC1)C(=O)Nc1cnc2ccccc2c1. The molecule has 2 heterocycles. The zero-order chi connectivity index (χ0) is 25.0. The van der Waals surface area contributed by atoms with Gasteiger partial charge in [0, 0.05) is 38.1 Å². The Balaban J connectivity index is 1.64. The van der Waals surface area contributed by atoms with Gasteiger partial charge in [0.1, 0.15) is 6.04 Å². The molecule has 2 aromatic rings. The first-order chi connectivity index (χ1) is 17.0. The number of piperidine rings is 1. The molecule has 1 aromatic carbocycles. The van der Waals surface area contributed by atoms with Crippen molar-refractivity contribution in [1.29, 1.82) is 0 Å². The third-order valence-corrected chi connectivity index (χ3v) is 6.50. The van der Waals surface area contributed by atoms with Crippen molar-refractivity contribution in [1.82, 2.24) is 20.5 Å². The number of aromatic nitrogens is 1. The fraction of sp³-hybridized carbons (Fsp3) is 0.560. The molecule has 3 rings (SSSR count). The molecule has 10 nitrogen and oxygen atoms in total. The molecule has 0 saturated carbocycles. The summed E-state index contributed by atoms with van der Waals surface area (Å²) in [7, 11) is 0. The third kappa shape index (κ3) is 8.52. The monoisotopic (exact) mass is 484 g/mol. The first kappa shape index (κ1) is 27.0. The molecule has 1 fully saturated rings. The van der Waals surface area contributed by atoms with Crippen LogP contribution in [0.4, 0.5) is 5.69 Å². The smallest absolute Gasteiger partial charge is 0.247 e. The van der Waals surface area contributed by atoms with Crippen LogP contribution in [0.25, 0.3) is 10.9 Å². The lowest BCUT2D eigenvalue weighted by Gasteiger charge is -2.28. The number of hydrogen-bond donors (Lipinski definition) is 6. The van der Waals surface area contributed by atoms with Crippen LogP contribution in [-0.2, 0) is 9.59 Å². The summed E-state index contributed by atoms with van der Waals surface area (Å²) in [5, 5.41) is 10.1. The molecule has 1 aliphatic heterocycles. The van der Waals surface area contributed by atoms with Crippen molar-refractivity contribution in [3.8, 4) is 0 Å². The Morgan fingerprint density at radius 3 is 2.51 bits per heavy atom. The standard InChI is InChI=1S/C25H40N8O2/c26-8-13-33(14-9-27)12-7-21(28)24(34)32-23(15-18-5-10-29-11-6-18)25(35)31-20-16-19-3-1-2-4-22(19)30-17-20/h1-4,16-18,21,23,29H,5-15,26-28H2,(H,31,35)(H,32,34). The molecule has 0 radical (unpaired) electrons. The van der Waals surface area contributed by atoms with E-state index in [2.05, 4.69) is 25.8 Å². The van der Waals surface area contributed by atoms with Crippen molar-refractivity contribution < 1.29 is 9.59 Å². The first-order valence-corrected chi connectivity index (χ1v) is 12.5. The van der Waals surface area contributed by atoms with E-state index in [0.29, 0.717) is 57.2 Å². The molecule has 0 aliphatic carbocycles. The van der Waals surface area contributed by atoms with Gasteiger partial charge in [-0.05, 0) is 56.8 Å².